The summed E-state index contributed by atoms with van der Waals surface area (Å²) in [7, 11) is 1.83. The van der Waals surface area contributed by atoms with Crippen LogP contribution in [0.25, 0.3) is 10.9 Å². The van der Waals surface area contributed by atoms with Gasteiger partial charge >= 0.3 is 0 Å². The molecule has 6 nitrogen and oxygen atoms in total. The molecular weight excluding hydrogens is 278 g/mol. The summed E-state index contributed by atoms with van der Waals surface area (Å²) in [6, 6.07) is 5.50. The number of fused-ring (bicyclic) bond motifs is 1. The molecule has 1 unspecified atom stereocenters. The first-order chi connectivity index (χ1) is 10.5. The van der Waals surface area contributed by atoms with E-state index < -0.39 is 0 Å². The molecule has 0 spiro atoms. The SMILES string of the molecule is Cc1ccc2c(=O)n(C(c3ncnn3C)C(C)C)cnc2c1. The van der Waals surface area contributed by atoms with Crippen molar-refractivity contribution in [3.63, 3.8) is 0 Å². The lowest BCUT2D eigenvalue weighted by molar-refractivity contribution is 0.392. The maximum atomic E-state index is 12.9. The highest BCUT2D eigenvalue weighted by Crippen LogP contribution is 2.23. The zero-order valence-electron chi connectivity index (χ0n) is 13.2. The number of hydrogen-bond donors (Lipinski definition) is 0. The van der Waals surface area contributed by atoms with Crippen molar-refractivity contribution >= 4 is 10.9 Å². The molecule has 3 rings (SSSR count). The van der Waals surface area contributed by atoms with Gasteiger partial charge in [-0.05, 0) is 30.5 Å². The van der Waals surface area contributed by atoms with Gasteiger partial charge in [-0.3, -0.25) is 14.0 Å². The van der Waals surface area contributed by atoms with Crippen LogP contribution in [0, 0.1) is 12.8 Å². The third kappa shape index (κ3) is 2.30. The van der Waals surface area contributed by atoms with Crippen LogP contribution < -0.4 is 5.56 Å². The van der Waals surface area contributed by atoms with Crippen LogP contribution in [0.3, 0.4) is 0 Å². The van der Waals surface area contributed by atoms with Crippen LogP contribution in [-0.2, 0) is 7.05 Å². The average Bonchev–Trinajstić information content (AvgIpc) is 2.87. The van der Waals surface area contributed by atoms with E-state index in [2.05, 4.69) is 28.9 Å². The number of rotatable bonds is 3. The Morgan fingerprint density at radius 2 is 1.95 bits per heavy atom. The summed E-state index contributed by atoms with van der Waals surface area (Å²) in [5, 5.41) is 4.74. The Bertz CT molecular complexity index is 878. The van der Waals surface area contributed by atoms with Crippen LogP contribution in [0.4, 0.5) is 0 Å². The lowest BCUT2D eigenvalue weighted by Crippen LogP contribution is -2.30. The number of aromatic nitrogens is 5. The molecule has 2 heterocycles. The predicted molar refractivity (Wildman–Crippen MR) is 84.7 cm³/mol. The van der Waals surface area contributed by atoms with Crippen LogP contribution in [-0.4, -0.2) is 24.3 Å². The van der Waals surface area contributed by atoms with Gasteiger partial charge in [0.15, 0.2) is 0 Å². The zero-order chi connectivity index (χ0) is 15.9. The third-order valence-electron chi connectivity index (χ3n) is 3.88. The van der Waals surface area contributed by atoms with Gasteiger partial charge in [0, 0.05) is 7.05 Å². The molecule has 0 radical (unpaired) electrons. The quantitative estimate of drug-likeness (QED) is 0.742. The van der Waals surface area contributed by atoms with Gasteiger partial charge < -0.3 is 0 Å². The first kappa shape index (κ1) is 14.4. The van der Waals surface area contributed by atoms with E-state index in [1.54, 1.807) is 15.6 Å². The third-order valence-corrected chi connectivity index (χ3v) is 3.88. The van der Waals surface area contributed by atoms with E-state index in [1.165, 1.54) is 6.33 Å². The molecule has 6 heteroatoms. The van der Waals surface area contributed by atoms with E-state index in [-0.39, 0.29) is 17.5 Å². The highest BCUT2D eigenvalue weighted by Gasteiger charge is 2.24. The molecule has 0 saturated heterocycles. The molecule has 3 aromatic rings. The summed E-state index contributed by atoms with van der Waals surface area (Å²) < 4.78 is 3.36. The lowest BCUT2D eigenvalue weighted by atomic mass is 10.0. The second-order valence-electron chi connectivity index (χ2n) is 5.91. The number of hydrogen-bond acceptors (Lipinski definition) is 4. The normalized spacial score (nSPS) is 13.0. The van der Waals surface area contributed by atoms with Crippen LogP contribution in [0.1, 0.15) is 31.3 Å². The molecule has 0 aliphatic heterocycles. The highest BCUT2D eigenvalue weighted by atomic mass is 16.1. The van der Waals surface area contributed by atoms with Crippen LogP contribution in [0.15, 0.2) is 35.6 Å². The number of benzene rings is 1. The maximum Gasteiger partial charge on any atom is 0.261 e. The minimum atomic E-state index is -0.196. The number of aryl methyl sites for hydroxylation is 2. The topological polar surface area (TPSA) is 65.6 Å². The van der Waals surface area contributed by atoms with E-state index in [0.29, 0.717) is 5.39 Å². The molecule has 0 bridgehead atoms. The maximum absolute atomic E-state index is 12.9. The van der Waals surface area contributed by atoms with Crippen molar-refractivity contribution in [3.8, 4) is 0 Å². The van der Waals surface area contributed by atoms with Crippen molar-refractivity contribution in [2.45, 2.75) is 26.8 Å². The van der Waals surface area contributed by atoms with Gasteiger partial charge in [0.2, 0.25) is 0 Å². The molecule has 0 N–H and O–H groups in total. The molecule has 1 atom stereocenters. The Kier molecular flexibility index (Phi) is 3.52. The Balaban J connectivity index is 2.23. The van der Waals surface area contributed by atoms with Crippen LogP contribution in [0.5, 0.6) is 0 Å². The Hall–Kier alpha value is -2.50. The molecule has 0 amide bonds. The smallest absolute Gasteiger partial charge is 0.261 e. The second-order valence-corrected chi connectivity index (χ2v) is 5.91. The lowest BCUT2D eigenvalue weighted by Gasteiger charge is -2.22. The minimum Gasteiger partial charge on any atom is -0.288 e. The van der Waals surface area contributed by atoms with Crippen molar-refractivity contribution in [3.05, 3.63) is 52.6 Å². The molecular formula is C16H19N5O. The molecule has 0 fully saturated rings. The van der Waals surface area contributed by atoms with Gasteiger partial charge in [-0.2, -0.15) is 5.10 Å². The van der Waals surface area contributed by atoms with Gasteiger partial charge in [-0.15, -0.1) is 0 Å². The fraction of sp³-hybridized carbons (Fsp3) is 0.375. The number of nitrogens with zero attached hydrogens (tertiary/aromatic N) is 5. The summed E-state index contributed by atoms with van der Waals surface area (Å²) in [6.07, 6.45) is 3.12. The first-order valence-corrected chi connectivity index (χ1v) is 7.30. The summed E-state index contributed by atoms with van der Waals surface area (Å²) in [6.45, 7) is 6.11. The summed E-state index contributed by atoms with van der Waals surface area (Å²) in [5.74, 6) is 0.940. The average molecular weight is 297 g/mol. The van der Waals surface area contributed by atoms with E-state index >= 15 is 0 Å². The summed E-state index contributed by atoms with van der Waals surface area (Å²) >= 11 is 0. The van der Waals surface area contributed by atoms with Crippen molar-refractivity contribution in [1.82, 2.24) is 24.3 Å². The molecule has 0 aliphatic rings. The molecule has 114 valence electrons. The first-order valence-electron chi connectivity index (χ1n) is 7.30. The van der Waals surface area contributed by atoms with Gasteiger partial charge in [-0.25, -0.2) is 9.97 Å². The van der Waals surface area contributed by atoms with Gasteiger partial charge in [0.1, 0.15) is 12.2 Å². The Morgan fingerprint density at radius 3 is 2.59 bits per heavy atom. The zero-order valence-corrected chi connectivity index (χ0v) is 13.2. The minimum absolute atomic E-state index is 0.0494. The van der Waals surface area contributed by atoms with Crippen molar-refractivity contribution in [2.24, 2.45) is 13.0 Å². The monoisotopic (exact) mass is 297 g/mol. The predicted octanol–water partition coefficient (Wildman–Crippen LogP) is 2.08. The standard InChI is InChI=1S/C16H19N5O/c1-10(2)14(15-17-8-19-20(15)4)21-9-18-13-7-11(3)5-6-12(13)16(21)22/h5-10,14H,1-4H3. The van der Waals surface area contributed by atoms with Gasteiger partial charge in [-0.1, -0.05) is 19.9 Å². The molecule has 0 saturated carbocycles. The fourth-order valence-electron chi connectivity index (χ4n) is 2.76. The van der Waals surface area contributed by atoms with Gasteiger partial charge in [0.05, 0.1) is 23.3 Å². The molecule has 0 aliphatic carbocycles. The Morgan fingerprint density at radius 1 is 1.18 bits per heavy atom. The van der Waals surface area contributed by atoms with Crippen LogP contribution >= 0.6 is 0 Å². The van der Waals surface area contributed by atoms with Crippen molar-refractivity contribution < 1.29 is 0 Å². The highest BCUT2D eigenvalue weighted by molar-refractivity contribution is 5.77. The summed E-state index contributed by atoms with van der Waals surface area (Å²) in [4.78, 5) is 21.6. The van der Waals surface area contributed by atoms with Crippen molar-refractivity contribution in [1.29, 1.82) is 0 Å². The van der Waals surface area contributed by atoms with Crippen LogP contribution in [0.2, 0.25) is 0 Å². The van der Waals surface area contributed by atoms with Gasteiger partial charge in [0.25, 0.3) is 5.56 Å². The Labute approximate surface area is 128 Å². The van der Waals surface area contributed by atoms with E-state index in [9.17, 15) is 4.79 Å². The van der Waals surface area contributed by atoms with Crippen molar-refractivity contribution in [2.75, 3.05) is 0 Å². The van der Waals surface area contributed by atoms with E-state index in [4.69, 9.17) is 0 Å². The molecule has 2 aromatic heterocycles. The largest absolute Gasteiger partial charge is 0.288 e. The second kappa shape index (κ2) is 5.36. The molecule has 1 aromatic carbocycles. The summed E-state index contributed by atoms with van der Waals surface area (Å²) in [5.41, 5.74) is 1.76. The van der Waals surface area contributed by atoms with E-state index in [0.717, 1.165) is 16.9 Å². The fourth-order valence-corrected chi connectivity index (χ4v) is 2.76. The van der Waals surface area contributed by atoms with E-state index in [1.807, 2.05) is 32.2 Å². The molecule has 22 heavy (non-hydrogen) atoms.